The summed E-state index contributed by atoms with van der Waals surface area (Å²) in [5.41, 5.74) is 1.09. The van der Waals surface area contributed by atoms with Crippen LogP contribution in [-0.2, 0) is 9.53 Å². The average Bonchev–Trinajstić information content (AvgIpc) is 2.26. The van der Waals surface area contributed by atoms with Gasteiger partial charge < -0.3 is 4.74 Å². The minimum atomic E-state index is -0.422. The SMILES string of the molecule is COC(=O)C=Cc1ccc(C#N)nc1. The van der Waals surface area contributed by atoms with Crippen molar-refractivity contribution in [3.05, 3.63) is 35.7 Å². The van der Waals surface area contributed by atoms with E-state index in [1.165, 1.54) is 19.4 Å². The van der Waals surface area contributed by atoms with Crippen LogP contribution in [0.3, 0.4) is 0 Å². The first-order chi connectivity index (χ1) is 6.76. The quantitative estimate of drug-likeness (QED) is 0.515. The highest BCUT2D eigenvalue weighted by Gasteiger charge is 1.93. The number of nitrogens with zero attached hydrogens (tertiary/aromatic N) is 2. The number of hydrogen-bond acceptors (Lipinski definition) is 4. The van der Waals surface area contributed by atoms with Crippen LogP contribution in [-0.4, -0.2) is 18.1 Å². The fourth-order valence-corrected chi connectivity index (χ4v) is 0.802. The fourth-order valence-electron chi connectivity index (χ4n) is 0.802. The summed E-state index contributed by atoms with van der Waals surface area (Å²) in [7, 11) is 1.31. The predicted molar refractivity (Wildman–Crippen MR) is 50.0 cm³/mol. The van der Waals surface area contributed by atoms with E-state index >= 15 is 0 Å². The molecule has 0 aliphatic rings. The summed E-state index contributed by atoms with van der Waals surface area (Å²) in [5, 5.41) is 8.48. The number of methoxy groups -OCH3 is 1. The van der Waals surface area contributed by atoms with Gasteiger partial charge in [-0.25, -0.2) is 9.78 Å². The number of carbonyl (C=O) groups excluding carboxylic acids is 1. The lowest BCUT2D eigenvalue weighted by atomic mass is 10.2. The van der Waals surface area contributed by atoms with Gasteiger partial charge >= 0.3 is 5.97 Å². The molecule has 4 heteroatoms. The predicted octanol–water partition coefficient (Wildman–Crippen LogP) is 1.14. The normalized spacial score (nSPS) is 9.71. The van der Waals surface area contributed by atoms with E-state index in [1.807, 2.05) is 6.07 Å². The van der Waals surface area contributed by atoms with Crippen molar-refractivity contribution >= 4 is 12.0 Å². The minimum absolute atomic E-state index is 0.347. The number of nitriles is 1. The van der Waals surface area contributed by atoms with E-state index in [0.29, 0.717) is 5.69 Å². The summed E-state index contributed by atoms with van der Waals surface area (Å²) in [6.45, 7) is 0. The fraction of sp³-hybridized carbons (Fsp3) is 0.100. The second-order valence-electron chi connectivity index (χ2n) is 2.45. The van der Waals surface area contributed by atoms with Crippen molar-refractivity contribution in [1.82, 2.24) is 4.98 Å². The van der Waals surface area contributed by atoms with Crippen molar-refractivity contribution in [2.75, 3.05) is 7.11 Å². The van der Waals surface area contributed by atoms with E-state index in [-0.39, 0.29) is 0 Å². The molecule has 0 N–H and O–H groups in total. The van der Waals surface area contributed by atoms with Crippen molar-refractivity contribution in [3.63, 3.8) is 0 Å². The maximum atomic E-state index is 10.7. The molecule has 0 saturated carbocycles. The largest absolute Gasteiger partial charge is 0.466 e. The summed E-state index contributed by atoms with van der Waals surface area (Å²) in [6, 6.07) is 5.18. The number of rotatable bonds is 2. The molecule has 1 heterocycles. The van der Waals surface area contributed by atoms with Gasteiger partial charge in [0.2, 0.25) is 0 Å². The molecule has 4 nitrogen and oxygen atoms in total. The van der Waals surface area contributed by atoms with Gasteiger partial charge in [0.15, 0.2) is 0 Å². The topological polar surface area (TPSA) is 63.0 Å². The van der Waals surface area contributed by atoms with Crippen LogP contribution in [0.2, 0.25) is 0 Å². The van der Waals surface area contributed by atoms with Crippen molar-refractivity contribution in [3.8, 4) is 6.07 Å². The summed E-state index contributed by atoms with van der Waals surface area (Å²) >= 11 is 0. The monoisotopic (exact) mass is 188 g/mol. The van der Waals surface area contributed by atoms with Gasteiger partial charge in [-0.1, -0.05) is 6.07 Å². The maximum absolute atomic E-state index is 10.7. The summed E-state index contributed by atoms with van der Waals surface area (Å²) in [6.07, 6.45) is 4.38. The third-order valence-corrected chi connectivity index (χ3v) is 1.51. The van der Waals surface area contributed by atoms with Crippen LogP contribution < -0.4 is 0 Å². The molecule has 1 aromatic rings. The van der Waals surface area contributed by atoms with E-state index in [1.54, 1.807) is 18.2 Å². The maximum Gasteiger partial charge on any atom is 0.330 e. The lowest BCUT2D eigenvalue weighted by Crippen LogP contribution is -1.93. The Labute approximate surface area is 81.5 Å². The molecule has 0 aliphatic heterocycles. The van der Waals surface area contributed by atoms with Crippen LogP contribution in [0, 0.1) is 11.3 Å². The zero-order chi connectivity index (χ0) is 10.4. The Morgan fingerprint density at radius 2 is 2.43 bits per heavy atom. The Bertz CT molecular complexity index is 388. The van der Waals surface area contributed by atoms with E-state index in [4.69, 9.17) is 5.26 Å². The Morgan fingerprint density at radius 3 is 2.93 bits per heavy atom. The second-order valence-corrected chi connectivity index (χ2v) is 2.45. The van der Waals surface area contributed by atoms with E-state index < -0.39 is 5.97 Å². The van der Waals surface area contributed by atoms with Gasteiger partial charge in [-0.05, 0) is 17.7 Å². The first-order valence-electron chi connectivity index (χ1n) is 3.88. The number of ether oxygens (including phenoxy) is 1. The van der Waals surface area contributed by atoms with E-state index in [2.05, 4.69) is 9.72 Å². The first kappa shape index (κ1) is 9.93. The zero-order valence-corrected chi connectivity index (χ0v) is 7.60. The molecular formula is C10H8N2O2. The van der Waals surface area contributed by atoms with Crippen LogP contribution in [0.25, 0.3) is 6.08 Å². The Kier molecular flexibility index (Phi) is 3.39. The van der Waals surface area contributed by atoms with Crippen molar-refractivity contribution in [2.24, 2.45) is 0 Å². The van der Waals surface area contributed by atoms with Gasteiger partial charge in [0, 0.05) is 12.3 Å². The molecule has 0 radical (unpaired) electrons. The molecular weight excluding hydrogens is 180 g/mol. The minimum Gasteiger partial charge on any atom is -0.466 e. The van der Waals surface area contributed by atoms with Crippen molar-refractivity contribution in [1.29, 1.82) is 5.26 Å². The second kappa shape index (κ2) is 4.77. The molecule has 0 bridgehead atoms. The Balaban J connectivity index is 2.74. The molecule has 0 spiro atoms. The molecule has 0 amide bonds. The summed E-state index contributed by atoms with van der Waals surface area (Å²) in [5.74, 6) is -0.422. The van der Waals surface area contributed by atoms with Gasteiger partial charge in [0.1, 0.15) is 11.8 Å². The number of esters is 1. The molecule has 14 heavy (non-hydrogen) atoms. The van der Waals surface area contributed by atoms with E-state index in [0.717, 1.165) is 5.56 Å². The lowest BCUT2D eigenvalue weighted by molar-refractivity contribution is -0.134. The van der Waals surface area contributed by atoms with Gasteiger partial charge in [0.25, 0.3) is 0 Å². The zero-order valence-electron chi connectivity index (χ0n) is 7.60. The molecule has 0 unspecified atom stereocenters. The van der Waals surface area contributed by atoms with Crippen LogP contribution in [0.5, 0.6) is 0 Å². The average molecular weight is 188 g/mol. The molecule has 1 aromatic heterocycles. The van der Waals surface area contributed by atoms with Crippen LogP contribution in [0.15, 0.2) is 24.4 Å². The van der Waals surface area contributed by atoms with Crippen molar-refractivity contribution in [2.45, 2.75) is 0 Å². The van der Waals surface area contributed by atoms with Gasteiger partial charge in [-0.3, -0.25) is 0 Å². The van der Waals surface area contributed by atoms with Crippen LogP contribution in [0.4, 0.5) is 0 Å². The molecule has 0 fully saturated rings. The Morgan fingerprint density at radius 1 is 1.64 bits per heavy atom. The lowest BCUT2D eigenvalue weighted by Gasteiger charge is -1.92. The van der Waals surface area contributed by atoms with E-state index in [9.17, 15) is 4.79 Å². The smallest absolute Gasteiger partial charge is 0.330 e. The molecule has 1 rings (SSSR count). The number of aromatic nitrogens is 1. The first-order valence-corrected chi connectivity index (χ1v) is 3.88. The highest BCUT2D eigenvalue weighted by molar-refractivity contribution is 5.86. The third-order valence-electron chi connectivity index (χ3n) is 1.51. The number of pyridine rings is 1. The van der Waals surface area contributed by atoms with Gasteiger partial charge in [0.05, 0.1) is 7.11 Å². The van der Waals surface area contributed by atoms with Gasteiger partial charge in [-0.2, -0.15) is 5.26 Å². The Hall–Kier alpha value is -2.15. The summed E-state index contributed by atoms with van der Waals surface area (Å²) < 4.78 is 4.42. The molecule has 70 valence electrons. The number of carbonyl (C=O) groups is 1. The van der Waals surface area contributed by atoms with Crippen LogP contribution >= 0.6 is 0 Å². The third kappa shape index (κ3) is 2.72. The van der Waals surface area contributed by atoms with Crippen molar-refractivity contribution < 1.29 is 9.53 Å². The molecule has 0 atom stereocenters. The van der Waals surface area contributed by atoms with Crippen LogP contribution in [0.1, 0.15) is 11.3 Å². The standard InChI is InChI=1S/C10H8N2O2/c1-14-10(13)5-3-8-2-4-9(6-11)12-7-8/h2-5,7H,1H3. The highest BCUT2D eigenvalue weighted by Crippen LogP contribution is 2.01. The summed E-state index contributed by atoms with van der Waals surface area (Å²) in [4.78, 5) is 14.6. The van der Waals surface area contributed by atoms with Gasteiger partial charge in [-0.15, -0.1) is 0 Å². The highest BCUT2D eigenvalue weighted by atomic mass is 16.5. The molecule has 0 aliphatic carbocycles. The molecule has 0 aromatic carbocycles. The number of hydrogen-bond donors (Lipinski definition) is 0. The molecule has 0 saturated heterocycles.